The second-order valence-electron chi connectivity index (χ2n) is 6.58. The number of anilines is 3. The molecule has 28 heavy (non-hydrogen) atoms. The SMILES string of the molecule is COc1ccc(C(=O)Nc2ccc(Nc3ccc(OC(C)C)cc3)cc2)cc1. The highest BCUT2D eigenvalue weighted by atomic mass is 16.5. The molecule has 1 amide bonds. The van der Waals surface area contributed by atoms with Gasteiger partial charge in [0.25, 0.3) is 5.91 Å². The third-order valence-corrected chi connectivity index (χ3v) is 4.01. The predicted octanol–water partition coefficient (Wildman–Crippen LogP) is 5.48. The zero-order valence-corrected chi connectivity index (χ0v) is 16.2. The van der Waals surface area contributed by atoms with Crippen molar-refractivity contribution in [3.8, 4) is 11.5 Å². The number of carbonyl (C=O) groups excluding carboxylic acids is 1. The normalized spacial score (nSPS) is 10.4. The fourth-order valence-corrected chi connectivity index (χ4v) is 2.64. The van der Waals surface area contributed by atoms with Crippen LogP contribution in [0.15, 0.2) is 72.8 Å². The molecule has 0 heterocycles. The van der Waals surface area contributed by atoms with E-state index in [1.165, 1.54) is 0 Å². The van der Waals surface area contributed by atoms with Crippen molar-refractivity contribution >= 4 is 23.0 Å². The lowest BCUT2D eigenvalue weighted by Gasteiger charge is -2.12. The summed E-state index contributed by atoms with van der Waals surface area (Å²) in [6.07, 6.45) is 0.152. The maximum atomic E-state index is 12.3. The van der Waals surface area contributed by atoms with Crippen LogP contribution in [0.25, 0.3) is 0 Å². The smallest absolute Gasteiger partial charge is 0.255 e. The van der Waals surface area contributed by atoms with Crippen LogP contribution in [-0.4, -0.2) is 19.1 Å². The molecule has 0 atom stereocenters. The first-order valence-corrected chi connectivity index (χ1v) is 9.13. The Labute approximate surface area is 165 Å². The summed E-state index contributed by atoms with van der Waals surface area (Å²) in [6, 6.07) is 22.4. The molecule has 3 aromatic carbocycles. The van der Waals surface area contributed by atoms with E-state index >= 15 is 0 Å². The lowest BCUT2D eigenvalue weighted by atomic mass is 10.2. The van der Waals surface area contributed by atoms with Crippen LogP contribution in [0.3, 0.4) is 0 Å². The van der Waals surface area contributed by atoms with Crippen LogP contribution in [0.5, 0.6) is 11.5 Å². The fraction of sp³-hybridized carbons (Fsp3) is 0.174. The summed E-state index contributed by atoms with van der Waals surface area (Å²) in [4.78, 5) is 12.3. The highest BCUT2D eigenvalue weighted by Gasteiger charge is 2.06. The first-order chi connectivity index (χ1) is 13.5. The van der Waals surface area contributed by atoms with E-state index in [1.807, 2.05) is 62.4 Å². The summed E-state index contributed by atoms with van der Waals surface area (Å²) in [6.45, 7) is 4.00. The number of carbonyl (C=O) groups is 1. The molecule has 5 nitrogen and oxygen atoms in total. The van der Waals surface area contributed by atoms with Gasteiger partial charge in [0.2, 0.25) is 0 Å². The quantitative estimate of drug-likeness (QED) is 0.573. The lowest BCUT2D eigenvalue weighted by Crippen LogP contribution is -2.11. The van der Waals surface area contributed by atoms with E-state index in [9.17, 15) is 4.79 Å². The highest BCUT2D eigenvalue weighted by Crippen LogP contribution is 2.22. The van der Waals surface area contributed by atoms with Crippen molar-refractivity contribution in [2.75, 3.05) is 17.7 Å². The fourth-order valence-electron chi connectivity index (χ4n) is 2.64. The molecule has 0 saturated carbocycles. The Morgan fingerprint density at radius 2 is 1.25 bits per heavy atom. The van der Waals surface area contributed by atoms with Crippen molar-refractivity contribution in [2.45, 2.75) is 20.0 Å². The minimum absolute atomic E-state index is 0.152. The van der Waals surface area contributed by atoms with Crippen molar-refractivity contribution < 1.29 is 14.3 Å². The first-order valence-electron chi connectivity index (χ1n) is 9.13. The van der Waals surface area contributed by atoms with Crippen LogP contribution >= 0.6 is 0 Å². The summed E-state index contributed by atoms with van der Waals surface area (Å²) in [5.41, 5.74) is 3.20. The largest absolute Gasteiger partial charge is 0.497 e. The molecular weight excluding hydrogens is 352 g/mol. The summed E-state index contributed by atoms with van der Waals surface area (Å²) in [5, 5.41) is 6.22. The molecule has 0 aromatic heterocycles. The molecule has 2 N–H and O–H groups in total. The Bertz CT molecular complexity index is 902. The van der Waals surface area contributed by atoms with Gasteiger partial charge in [-0.15, -0.1) is 0 Å². The molecule has 0 radical (unpaired) electrons. The highest BCUT2D eigenvalue weighted by molar-refractivity contribution is 6.04. The predicted molar refractivity (Wildman–Crippen MR) is 113 cm³/mol. The van der Waals surface area contributed by atoms with Crippen molar-refractivity contribution in [3.05, 3.63) is 78.4 Å². The van der Waals surface area contributed by atoms with Crippen molar-refractivity contribution in [1.82, 2.24) is 0 Å². The standard InChI is InChI=1S/C23H24N2O3/c1-16(2)28-22-14-10-19(11-15-22)24-18-6-8-20(9-7-18)25-23(26)17-4-12-21(27-3)13-5-17/h4-16,24H,1-3H3,(H,25,26). The summed E-state index contributed by atoms with van der Waals surface area (Å²) in [5.74, 6) is 1.40. The van der Waals surface area contributed by atoms with E-state index in [0.29, 0.717) is 5.56 Å². The summed E-state index contributed by atoms with van der Waals surface area (Å²) < 4.78 is 10.8. The van der Waals surface area contributed by atoms with Crippen molar-refractivity contribution in [1.29, 1.82) is 0 Å². The molecule has 0 aliphatic rings. The second kappa shape index (κ2) is 8.95. The van der Waals surface area contributed by atoms with E-state index in [2.05, 4.69) is 10.6 Å². The van der Waals surface area contributed by atoms with Crippen LogP contribution < -0.4 is 20.1 Å². The minimum Gasteiger partial charge on any atom is -0.497 e. The molecule has 3 aromatic rings. The van der Waals surface area contributed by atoms with Gasteiger partial charge in [0, 0.05) is 22.6 Å². The monoisotopic (exact) mass is 376 g/mol. The van der Waals surface area contributed by atoms with E-state index in [1.54, 1.807) is 31.4 Å². The van der Waals surface area contributed by atoms with Gasteiger partial charge in [-0.2, -0.15) is 0 Å². The molecule has 144 valence electrons. The zero-order valence-electron chi connectivity index (χ0n) is 16.2. The molecule has 0 aliphatic carbocycles. The van der Waals surface area contributed by atoms with Crippen LogP contribution in [-0.2, 0) is 0 Å². The van der Waals surface area contributed by atoms with Gasteiger partial charge >= 0.3 is 0 Å². The van der Waals surface area contributed by atoms with Gasteiger partial charge in [-0.3, -0.25) is 4.79 Å². The van der Waals surface area contributed by atoms with Gasteiger partial charge in [0.15, 0.2) is 0 Å². The Morgan fingerprint density at radius 3 is 1.79 bits per heavy atom. The number of rotatable bonds is 7. The van der Waals surface area contributed by atoms with Crippen LogP contribution in [0.1, 0.15) is 24.2 Å². The maximum absolute atomic E-state index is 12.3. The minimum atomic E-state index is -0.163. The molecule has 5 heteroatoms. The molecule has 0 bridgehead atoms. The van der Waals surface area contributed by atoms with Gasteiger partial charge < -0.3 is 20.1 Å². The van der Waals surface area contributed by atoms with Crippen molar-refractivity contribution in [2.24, 2.45) is 0 Å². The van der Waals surface area contributed by atoms with Gasteiger partial charge in [-0.25, -0.2) is 0 Å². The van der Waals surface area contributed by atoms with Gasteiger partial charge in [-0.05, 0) is 86.6 Å². The first kappa shape index (κ1) is 19.3. The van der Waals surface area contributed by atoms with Gasteiger partial charge in [-0.1, -0.05) is 0 Å². The second-order valence-corrected chi connectivity index (χ2v) is 6.58. The van der Waals surface area contributed by atoms with E-state index in [4.69, 9.17) is 9.47 Å². The molecule has 3 rings (SSSR count). The lowest BCUT2D eigenvalue weighted by molar-refractivity contribution is 0.102. The molecule has 0 unspecified atom stereocenters. The molecule has 0 aliphatic heterocycles. The maximum Gasteiger partial charge on any atom is 0.255 e. The van der Waals surface area contributed by atoms with E-state index < -0.39 is 0 Å². The van der Waals surface area contributed by atoms with E-state index in [-0.39, 0.29) is 12.0 Å². The Hall–Kier alpha value is -3.47. The topological polar surface area (TPSA) is 59.6 Å². The Kier molecular flexibility index (Phi) is 6.17. The van der Waals surface area contributed by atoms with Crippen LogP contribution in [0.2, 0.25) is 0 Å². The number of benzene rings is 3. The van der Waals surface area contributed by atoms with Crippen molar-refractivity contribution in [3.63, 3.8) is 0 Å². The number of amides is 1. The molecule has 0 fully saturated rings. The van der Waals surface area contributed by atoms with Crippen LogP contribution in [0.4, 0.5) is 17.1 Å². The molecule has 0 spiro atoms. The van der Waals surface area contributed by atoms with Crippen LogP contribution in [0, 0.1) is 0 Å². The summed E-state index contributed by atoms with van der Waals surface area (Å²) >= 11 is 0. The van der Waals surface area contributed by atoms with E-state index in [0.717, 1.165) is 28.6 Å². The average molecular weight is 376 g/mol. The Morgan fingerprint density at radius 1 is 0.750 bits per heavy atom. The molecule has 0 saturated heterocycles. The summed E-state index contributed by atoms with van der Waals surface area (Å²) in [7, 11) is 1.60. The number of hydrogen-bond acceptors (Lipinski definition) is 4. The number of methoxy groups -OCH3 is 1. The van der Waals surface area contributed by atoms with Gasteiger partial charge in [0.05, 0.1) is 13.2 Å². The van der Waals surface area contributed by atoms with Gasteiger partial charge in [0.1, 0.15) is 11.5 Å². The zero-order chi connectivity index (χ0) is 19.9. The number of hydrogen-bond donors (Lipinski definition) is 2. The third-order valence-electron chi connectivity index (χ3n) is 4.01. The average Bonchev–Trinajstić information content (AvgIpc) is 2.70. The number of ether oxygens (including phenoxy) is 2. The Balaban J connectivity index is 1.59. The number of nitrogens with one attached hydrogen (secondary N) is 2. The third kappa shape index (κ3) is 5.27. The molecular formula is C23H24N2O3.